The molecule has 1 aliphatic rings. The van der Waals surface area contributed by atoms with Crippen LogP contribution in [0.1, 0.15) is 30.9 Å². The Morgan fingerprint density at radius 1 is 1.00 bits per heavy atom. The number of benzene rings is 2. The largest absolute Gasteiger partial charge is 0.357 e. The molecule has 0 aliphatic carbocycles. The summed E-state index contributed by atoms with van der Waals surface area (Å²) in [6.07, 6.45) is 8.65. The predicted molar refractivity (Wildman–Crippen MR) is 144 cm³/mol. The fraction of sp³-hybridized carbons (Fsp3) is 0.214. The molecule has 1 aliphatic heterocycles. The number of carbonyl (C=O) groups is 1. The number of pyridine rings is 1. The van der Waals surface area contributed by atoms with E-state index in [1.165, 1.54) is 35.3 Å². The number of aromatic nitrogens is 4. The van der Waals surface area contributed by atoms with Gasteiger partial charge in [0, 0.05) is 53.6 Å². The van der Waals surface area contributed by atoms with Crippen LogP contribution in [0.4, 0.5) is 15.3 Å². The summed E-state index contributed by atoms with van der Waals surface area (Å²) in [4.78, 5) is 24.3. The van der Waals surface area contributed by atoms with Crippen molar-refractivity contribution < 1.29 is 9.18 Å². The van der Waals surface area contributed by atoms with Crippen molar-refractivity contribution >= 4 is 39.1 Å². The summed E-state index contributed by atoms with van der Waals surface area (Å²) in [6, 6.07) is 16.0. The van der Waals surface area contributed by atoms with Gasteiger partial charge in [0.15, 0.2) is 17.0 Å². The lowest BCUT2D eigenvalue weighted by atomic mass is 10.0. The number of rotatable bonds is 6. The molecule has 9 heteroatoms. The average molecular weight is 513 g/mol. The number of thiazole rings is 1. The van der Waals surface area contributed by atoms with Crippen molar-refractivity contribution in [1.82, 2.24) is 19.7 Å². The van der Waals surface area contributed by atoms with E-state index < -0.39 is 11.9 Å². The molecular formula is C28H25FN6OS. The maximum Gasteiger partial charge on any atom is 0.255 e. The quantitative estimate of drug-likeness (QED) is 0.306. The fourth-order valence-electron chi connectivity index (χ4n) is 4.80. The molecule has 1 unspecified atom stereocenters. The van der Waals surface area contributed by atoms with E-state index in [4.69, 9.17) is 0 Å². The first-order valence-corrected chi connectivity index (χ1v) is 13.2. The number of hydrogen-bond acceptors (Lipinski definition) is 6. The molecule has 0 bridgehead atoms. The molecule has 0 saturated carbocycles. The summed E-state index contributed by atoms with van der Waals surface area (Å²) >= 11 is 1.33. The van der Waals surface area contributed by atoms with E-state index in [0.717, 1.165) is 24.5 Å². The molecular weight excluding hydrogens is 487 g/mol. The molecule has 4 heterocycles. The lowest BCUT2D eigenvalue weighted by molar-refractivity contribution is -0.118. The summed E-state index contributed by atoms with van der Waals surface area (Å²) in [5, 5.41) is 10.3. The molecule has 1 amide bonds. The van der Waals surface area contributed by atoms with Crippen molar-refractivity contribution in [2.45, 2.75) is 25.3 Å². The Kier molecular flexibility index (Phi) is 6.36. The zero-order valence-corrected chi connectivity index (χ0v) is 20.9. The van der Waals surface area contributed by atoms with Crippen molar-refractivity contribution in [2.24, 2.45) is 0 Å². The minimum Gasteiger partial charge on any atom is -0.357 e. The van der Waals surface area contributed by atoms with E-state index >= 15 is 4.39 Å². The zero-order valence-electron chi connectivity index (χ0n) is 20.0. The van der Waals surface area contributed by atoms with Crippen LogP contribution in [0, 0.1) is 5.82 Å². The van der Waals surface area contributed by atoms with E-state index in [-0.39, 0.29) is 11.4 Å². The Morgan fingerprint density at radius 2 is 1.84 bits per heavy atom. The van der Waals surface area contributed by atoms with Crippen LogP contribution < -0.4 is 10.2 Å². The van der Waals surface area contributed by atoms with Crippen molar-refractivity contribution in [3.63, 3.8) is 0 Å². The van der Waals surface area contributed by atoms with Gasteiger partial charge in [-0.1, -0.05) is 42.5 Å². The molecule has 1 atom stereocenters. The van der Waals surface area contributed by atoms with Crippen molar-refractivity contribution in [3.8, 4) is 11.1 Å². The fourth-order valence-corrected chi connectivity index (χ4v) is 5.33. The van der Waals surface area contributed by atoms with Crippen LogP contribution in [0.2, 0.25) is 0 Å². The topological polar surface area (TPSA) is 75.9 Å². The van der Waals surface area contributed by atoms with Gasteiger partial charge in [0.25, 0.3) is 5.91 Å². The number of amides is 1. The molecule has 186 valence electrons. The van der Waals surface area contributed by atoms with Crippen LogP contribution in [0.25, 0.3) is 22.0 Å². The van der Waals surface area contributed by atoms with Gasteiger partial charge in [-0.05, 0) is 37.0 Å². The minimum atomic E-state index is -0.786. The molecule has 6 rings (SSSR count). The van der Waals surface area contributed by atoms with Crippen LogP contribution in [-0.4, -0.2) is 38.7 Å². The van der Waals surface area contributed by atoms with Crippen LogP contribution in [0.5, 0.6) is 0 Å². The Bertz CT molecular complexity index is 1510. The summed E-state index contributed by atoms with van der Waals surface area (Å²) < 4.78 is 17.3. The molecule has 2 aromatic carbocycles. The highest BCUT2D eigenvalue weighted by Crippen LogP contribution is 2.31. The molecule has 37 heavy (non-hydrogen) atoms. The maximum atomic E-state index is 15.8. The van der Waals surface area contributed by atoms with Crippen LogP contribution in [-0.2, 0) is 4.79 Å². The van der Waals surface area contributed by atoms with Crippen molar-refractivity contribution in [2.75, 3.05) is 23.3 Å². The van der Waals surface area contributed by atoms with Gasteiger partial charge in [-0.2, -0.15) is 5.10 Å². The number of anilines is 2. The third-order valence-corrected chi connectivity index (χ3v) is 7.35. The number of piperidine rings is 1. The molecule has 5 aromatic rings. The lowest BCUT2D eigenvalue weighted by Gasteiger charge is -2.27. The van der Waals surface area contributed by atoms with Crippen LogP contribution >= 0.6 is 11.3 Å². The summed E-state index contributed by atoms with van der Waals surface area (Å²) in [5.74, 6) is 0.189. The minimum absolute atomic E-state index is 0.209. The van der Waals surface area contributed by atoms with E-state index in [1.807, 2.05) is 48.5 Å². The van der Waals surface area contributed by atoms with E-state index in [9.17, 15) is 4.79 Å². The first-order valence-electron chi connectivity index (χ1n) is 12.3. The van der Waals surface area contributed by atoms with Gasteiger partial charge in [-0.15, -0.1) is 11.3 Å². The second-order valence-electron chi connectivity index (χ2n) is 9.07. The van der Waals surface area contributed by atoms with Crippen molar-refractivity contribution in [3.05, 3.63) is 89.9 Å². The lowest BCUT2D eigenvalue weighted by Crippen LogP contribution is -2.29. The van der Waals surface area contributed by atoms with Crippen molar-refractivity contribution in [1.29, 1.82) is 0 Å². The van der Waals surface area contributed by atoms with Gasteiger partial charge >= 0.3 is 0 Å². The van der Waals surface area contributed by atoms with Crippen LogP contribution in [0.15, 0.2) is 78.6 Å². The number of halogens is 1. The average Bonchev–Trinajstić information content (AvgIpc) is 3.61. The predicted octanol–water partition coefficient (Wildman–Crippen LogP) is 5.91. The van der Waals surface area contributed by atoms with Gasteiger partial charge < -0.3 is 4.90 Å². The zero-order chi connectivity index (χ0) is 25.2. The number of carbonyl (C=O) groups excluding carboxylic acids is 1. The van der Waals surface area contributed by atoms with Gasteiger partial charge in [-0.3, -0.25) is 14.8 Å². The number of nitrogens with one attached hydrogen (secondary N) is 1. The van der Waals surface area contributed by atoms with Gasteiger partial charge in [0.05, 0.1) is 0 Å². The molecule has 0 spiro atoms. The highest BCUT2D eigenvalue weighted by Gasteiger charge is 2.26. The second-order valence-corrected chi connectivity index (χ2v) is 9.96. The number of fused-ring (bicyclic) bond motifs is 1. The number of hydrogen-bond donors (Lipinski definition) is 1. The number of nitrogens with zero attached hydrogens (tertiary/aromatic N) is 5. The Hall–Kier alpha value is -4.11. The third kappa shape index (κ3) is 4.70. The first-order chi connectivity index (χ1) is 18.2. The summed E-state index contributed by atoms with van der Waals surface area (Å²) in [5.41, 5.74) is 2.07. The molecule has 1 saturated heterocycles. The van der Waals surface area contributed by atoms with Crippen LogP contribution in [0.3, 0.4) is 0 Å². The molecule has 1 fully saturated rings. The highest BCUT2D eigenvalue weighted by atomic mass is 32.1. The standard InChI is InChI=1S/C28H25FN6OS/c29-24-22(20-10-12-23(31-17-20)34-14-5-2-6-15-34)11-9-21-18-35(33-25(21)24)26(19-7-3-1-4-8-19)27(36)32-28-30-13-16-37-28/h1,3-4,7-13,16-18,26H,2,5-6,14-15H2,(H,30,32,36). The molecule has 3 aromatic heterocycles. The maximum absolute atomic E-state index is 15.8. The van der Waals surface area contributed by atoms with Gasteiger partial charge in [-0.25, -0.2) is 14.4 Å². The molecule has 1 N–H and O–H groups in total. The third-order valence-electron chi connectivity index (χ3n) is 6.66. The van der Waals surface area contributed by atoms with Gasteiger partial charge in [0.2, 0.25) is 0 Å². The smallest absolute Gasteiger partial charge is 0.255 e. The second kappa shape index (κ2) is 10.1. The van der Waals surface area contributed by atoms with E-state index in [1.54, 1.807) is 30.0 Å². The molecule has 0 radical (unpaired) electrons. The van der Waals surface area contributed by atoms with E-state index in [0.29, 0.717) is 21.6 Å². The van der Waals surface area contributed by atoms with Gasteiger partial charge in [0.1, 0.15) is 11.3 Å². The summed E-state index contributed by atoms with van der Waals surface area (Å²) in [6.45, 7) is 2.01. The SMILES string of the molecule is O=C(Nc1nccs1)C(c1ccccc1)n1cc2ccc(-c3ccc(N4CCCCC4)nc3)c(F)c2n1. The Labute approximate surface area is 217 Å². The summed E-state index contributed by atoms with van der Waals surface area (Å²) in [7, 11) is 0. The Morgan fingerprint density at radius 3 is 2.57 bits per heavy atom. The first kappa shape index (κ1) is 23.3. The normalized spacial score (nSPS) is 14.6. The Balaban J connectivity index is 1.34. The highest BCUT2D eigenvalue weighted by molar-refractivity contribution is 7.13. The molecule has 7 nitrogen and oxygen atoms in total. The van der Waals surface area contributed by atoms with E-state index in [2.05, 4.69) is 25.3 Å². The monoisotopic (exact) mass is 512 g/mol.